The molecule has 2 aliphatic rings. The second-order valence-electron chi connectivity index (χ2n) is 8.64. The molecule has 0 aliphatic carbocycles. The highest BCUT2D eigenvalue weighted by atomic mass is 16.5. The maximum absolute atomic E-state index is 6.27. The number of nitrogens with zero attached hydrogens (tertiary/aromatic N) is 2. The van der Waals surface area contributed by atoms with E-state index in [0.717, 1.165) is 31.0 Å². The number of fused-ring (bicyclic) bond motifs is 2. The van der Waals surface area contributed by atoms with Crippen LogP contribution in [0, 0.1) is 0 Å². The molecule has 0 N–H and O–H groups in total. The first-order valence-corrected chi connectivity index (χ1v) is 11.4. The lowest BCUT2D eigenvalue weighted by atomic mass is 9.98. The summed E-state index contributed by atoms with van der Waals surface area (Å²) in [4.78, 5) is 4.53. The van der Waals surface area contributed by atoms with E-state index in [2.05, 4.69) is 94.7 Å². The van der Waals surface area contributed by atoms with Gasteiger partial charge in [-0.1, -0.05) is 60.7 Å². The summed E-state index contributed by atoms with van der Waals surface area (Å²) in [7, 11) is 0. The number of hydrogen-bond donors (Lipinski definition) is 0. The van der Waals surface area contributed by atoms with Crippen LogP contribution >= 0.6 is 0 Å². The number of benzene rings is 4. The minimum atomic E-state index is 0.568. The van der Waals surface area contributed by atoms with Crippen molar-refractivity contribution in [2.45, 2.75) is 19.5 Å². The van der Waals surface area contributed by atoms with Crippen molar-refractivity contribution >= 4 is 11.4 Å². The van der Waals surface area contributed by atoms with Gasteiger partial charge in [0.25, 0.3) is 0 Å². The molecule has 0 aromatic heterocycles. The van der Waals surface area contributed by atoms with Crippen LogP contribution in [0.25, 0.3) is 0 Å². The normalized spacial score (nSPS) is 14.7. The molecule has 2 aliphatic heterocycles. The molecule has 0 amide bonds. The Kier molecular flexibility index (Phi) is 5.11. The van der Waals surface area contributed by atoms with Gasteiger partial charge in [-0.05, 0) is 47.5 Å². The first kappa shape index (κ1) is 19.7. The fourth-order valence-corrected chi connectivity index (χ4v) is 4.72. The van der Waals surface area contributed by atoms with Crippen molar-refractivity contribution in [1.82, 2.24) is 0 Å². The molecule has 33 heavy (non-hydrogen) atoms. The maximum atomic E-state index is 6.27. The van der Waals surface area contributed by atoms with Crippen LogP contribution in [0.15, 0.2) is 97.1 Å². The average Bonchev–Trinajstić information content (AvgIpc) is 2.89. The van der Waals surface area contributed by atoms with Crippen molar-refractivity contribution in [2.75, 3.05) is 23.3 Å². The first-order chi connectivity index (χ1) is 16.3. The molecule has 0 fully saturated rings. The zero-order chi connectivity index (χ0) is 22.0. The Morgan fingerprint density at radius 1 is 0.606 bits per heavy atom. The van der Waals surface area contributed by atoms with Crippen LogP contribution < -0.4 is 19.3 Å². The third kappa shape index (κ3) is 4.00. The summed E-state index contributed by atoms with van der Waals surface area (Å²) >= 11 is 0. The minimum absolute atomic E-state index is 0.568. The van der Waals surface area contributed by atoms with Gasteiger partial charge in [0.15, 0.2) is 13.5 Å². The van der Waals surface area contributed by atoms with Crippen molar-refractivity contribution in [3.05, 3.63) is 119 Å². The van der Waals surface area contributed by atoms with E-state index < -0.39 is 0 Å². The predicted molar refractivity (Wildman–Crippen MR) is 132 cm³/mol. The summed E-state index contributed by atoms with van der Waals surface area (Å²) in [6, 6.07) is 34.0. The molecule has 0 saturated carbocycles. The smallest absolute Gasteiger partial charge is 0.161 e. The molecule has 0 spiro atoms. The van der Waals surface area contributed by atoms with Crippen molar-refractivity contribution in [2.24, 2.45) is 0 Å². The van der Waals surface area contributed by atoms with Crippen LogP contribution in [-0.4, -0.2) is 13.5 Å². The maximum Gasteiger partial charge on any atom is 0.161 e. The van der Waals surface area contributed by atoms with E-state index in [1.165, 1.54) is 33.6 Å². The average molecular weight is 435 g/mol. The van der Waals surface area contributed by atoms with E-state index in [1.54, 1.807) is 0 Å². The van der Waals surface area contributed by atoms with Gasteiger partial charge >= 0.3 is 0 Å². The molecule has 2 heterocycles. The number of para-hydroxylation sites is 3. The lowest BCUT2D eigenvalue weighted by Crippen LogP contribution is -2.32. The summed E-state index contributed by atoms with van der Waals surface area (Å²) in [5.74, 6) is 2.01. The van der Waals surface area contributed by atoms with Gasteiger partial charge in [0.2, 0.25) is 0 Å². The van der Waals surface area contributed by atoms with Crippen molar-refractivity contribution in [1.29, 1.82) is 0 Å². The quantitative estimate of drug-likeness (QED) is 0.394. The van der Waals surface area contributed by atoms with Gasteiger partial charge in [0, 0.05) is 42.0 Å². The second-order valence-corrected chi connectivity index (χ2v) is 8.64. The molecule has 0 bridgehead atoms. The van der Waals surface area contributed by atoms with Crippen LogP contribution in [0.5, 0.6) is 11.5 Å². The van der Waals surface area contributed by atoms with Gasteiger partial charge < -0.3 is 19.3 Å². The van der Waals surface area contributed by atoms with Crippen molar-refractivity contribution < 1.29 is 9.47 Å². The molecule has 0 unspecified atom stereocenters. The summed E-state index contributed by atoms with van der Waals surface area (Å²) in [6.45, 7) is 2.85. The molecule has 0 atom stereocenters. The number of ether oxygens (including phenoxy) is 2. The largest absolute Gasteiger partial charge is 0.473 e. The van der Waals surface area contributed by atoms with Gasteiger partial charge in [0.1, 0.15) is 11.5 Å². The Labute approximate surface area is 194 Å². The summed E-state index contributed by atoms with van der Waals surface area (Å²) < 4.78 is 12.3. The third-order valence-corrected chi connectivity index (χ3v) is 6.40. The lowest BCUT2D eigenvalue weighted by molar-refractivity contribution is 0.286. The first-order valence-electron chi connectivity index (χ1n) is 11.4. The van der Waals surface area contributed by atoms with Gasteiger partial charge in [-0.2, -0.15) is 0 Å². The topological polar surface area (TPSA) is 24.9 Å². The van der Waals surface area contributed by atoms with Gasteiger partial charge in [-0.25, -0.2) is 0 Å². The number of rotatable bonds is 4. The summed E-state index contributed by atoms with van der Waals surface area (Å²) in [6.07, 6.45) is 0.840. The summed E-state index contributed by atoms with van der Waals surface area (Å²) in [5, 5.41) is 0. The van der Waals surface area contributed by atoms with Crippen molar-refractivity contribution in [3.8, 4) is 11.5 Å². The Bertz CT molecular complexity index is 1260. The molecule has 4 aromatic carbocycles. The Hall–Kier alpha value is -3.92. The molecule has 0 radical (unpaired) electrons. The Morgan fingerprint density at radius 3 is 2.00 bits per heavy atom. The minimum Gasteiger partial charge on any atom is -0.473 e. The number of hydrogen-bond acceptors (Lipinski definition) is 4. The Morgan fingerprint density at radius 2 is 1.27 bits per heavy atom. The van der Waals surface area contributed by atoms with Crippen LogP contribution in [-0.2, 0) is 19.5 Å². The van der Waals surface area contributed by atoms with Crippen LogP contribution in [0.2, 0.25) is 0 Å². The molecule has 4 nitrogen and oxygen atoms in total. The van der Waals surface area contributed by atoms with E-state index >= 15 is 0 Å². The fourth-order valence-electron chi connectivity index (χ4n) is 4.72. The monoisotopic (exact) mass is 434 g/mol. The zero-order valence-corrected chi connectivity index (χ0v) is 18.5. The van der Waals surface area contributed by atoms with Crippen LogP contribution in [0.4, 0.5) is 11.4 Å². The third-order valence-electron chi connectivity index (χ3n) is 6.40. The SMILES string of the molecule is c1ccc(N2COc3ccc(Cc4cccc5c4OCN(c4ccccc4)C5)cc3C2)cc1. The van der Waals surface area contributed by atoms with Gasteiger partial charge in [-0.3, -0.25) is 0 Å². The molecular weight excluding hydrogens is 408 g/mol. The molecular formula is C29H26N2O2. The van der Waals surface area contributed by atoms with Crippen molar-refractivity contribution in [3.63, 3.8) is 0 Å². The Balaban J connectivity index is 1.22. The molecule has 164 valence electrons. The molecule has 4 heteroatoms. The van der Waals surface area contributed by atoms with E-state index in [1.807, 2.05) is 12.1 Å². The summed E-state index contributed by atoms with van der Waals surface area (Å²) in [5.41, 5.74) is 7.34. The fraction of sp³-hybridized carbons (Fsp3) is 0.172. The van der Waals surface area contributed by atoms with E-state index in [0.29, 0.717) is 13.5 Å². The highest BCUT2D eigenvalue weighted by Crippen LogP contribution is 2.34. The molecule has 6 rings (SSSR count). The van der Waals surface area contributed by atoms with E-state index in [-0.39, 0.29) is 0 Å². The second kappa shape index (κ2) is 8.55. The number of anilines is 2. The highest BCUT2D eigenvalue weighted by Gasteiger charge is 2.22. The van der Waals surface area contributed by atoms with Crippen LogP contribution in [0.3, 0.4) is 0 Å². The van der Waals surface area contributed by atoms with Gasteiger partial charge in [0.05, 0.1) is 0 Å². The standard InChI is InChI=1S/C29H26N2O2/c1-3-10-26(11-4-1)30-18-24-9-7-8-23(29(24)33-21-30)16-22-14-15-28-25(17-22)19-31(20-32-28)27-12-5-2-6-13-27/h1-15,17H,16,18-21H2. The van der Waals surface area contributed by atoms with E-state index in [4.69, 9.17) is 9.47 Å². The zero-order valence-electron chi connectivity index (χ0n) is 18.5. The van der Waals surface area contributed by atoms with Crippen LogP contribution in [0.1, 0.15) is 22.3 Å². The molecule has 0 saturated heterocycles. The highest BCUT2D eigenvalue weighted by molar-refractivity contribution is 5.54. The molecule has 4 aromatic rings. The van der Waals surface area contributed by atoms with E-state index in [9.17, 15) is 0 Å². The van der Waals surface area contributed by atoms with Gasteiger partial charge in [-0.15, -0.1) is 0 Å². The lowest BCUT2D eigenvalue weighted by Gasteiger charge is -2.32. The predicted octanol–water partition coefficient (Wildman–Crippen LogP) is 5.99.